The van der Waals surface area contributed by atoms with Gasteiger partial charge in [-0.1, -0.05) is 37.2 Å². The fourth-order valence-electron chi connectivity index (χ4n) is 1.39. The lowest BCUT2D eigenvalue weighted by Gasteiger charge is -2.09. The lowest BCUT2D eigenvalue weighted by atomic mass is 10.1. The number of pyridine rings is 1. The van der Waals surface area contributed by atoms with Gasteiger partial charge in [-0.3, -0.25) is 0 Å². The van der Waals surface area contributed by atoms with E-state index in [4.69, 9.17) is 23.1 Å². The summed E-state index contributed by atoms with van der Waals surface area (Å²) in [6, 6.07) is 1.76. The Morgan fingerprint density at radius 3 is 2.58 bits per heavy atom. The molecule has 7 heteroatoms. The summed E-state index contributed by atoms with van der Waals surface area (Å²) in [4.78, 5) is 13.3. The Morgan fingerprint density at radius 2 is 1.95 bits per heavy atom. The molecule has 0 bridgehead atoms. The van der Waals surface area contributed by atoms with Crippen molar-refractivity contribution in [1.29, 1.82) is 0 Å². The topological polar surface area (TPSA) is 90.7 Å². The van der Waals surface area contributed by atoms with Crippen LogP contribution in [-0.4, -0.2) is 15.0 Å². The van der Waals surface area contributed by atoms with Crippen LogP contribution in [0.1, 0.15) is 25.5 Å². The molecule has 2 aromatic rings. The standard InChI is InChI=1S/C12H14ClN5S/c1-6(2)7-5-17-12(11(15)18-7)19-8-3-4-16-10(14)9(8)13/h3-6H,1-2H3,(H2,14,16)(H2,15,18). The van der Waals surface area contributed by atoms with Crippen molar-refractivity contribution in [2.45, 2.75) is 29.7 Å². The third-order valence-electron chi connectivity index (χ3n) is 2.46. The number of hydrogen-bond acceptors (Lipinski definition) is 6. The zero-order valence-electron chi connectivity index (χ0n) is 10.6. The Morgan fingerprint density at radius 1 is 1.21 bits per heavy atom. The molecule has 0 aliphatic carbocycles. The van der Waals surface area contributed by atoms with Crippen molar-refractivity contribution in [2.24, 2.45) is 0 Å². The third-order valence-corrected chi connectivity index (χ3v) is 4.04. The smallest absolute Gasteiger partial charge is 0.156 e. The molecule has 0 saturated heterocycles. The van der Waals surface area contributed by atoms with Crippen molar-refractivity contribution >= 4 is 35.0 Å². The van der Waals surface area contributed by atoms with E-state index in [1.54, 1.807) is 18.5 Å². The van der Waals surface area contributed by atoms with E-state index in [1.165, 1.54) is 11.8 Å². The van der Waals surface area contributed by atoms with E-state index in [1.807, 2.05) is 13.8 Å². The quantitative estimate of drug-likeness (QED) is 0.904. The van der Waals surface area contributed by atoms with Crippen molar-refractivity contribution in [3.05, 3.63) is 29.2 Å². The van der Waals surface area contributed by atoms with Gasteiger partial charge in [0.2, 0.25) is 0 Å². The lowest BCUT2D eigenvalue weighted by molar-refractivity contribution is 0.803. The molecule has 0 aliphatic rings. The number of nitrogen functional groups attached to an aromatic ring is 2. The molecule has 0 amide bonds. The molecule has 0 aromatic carbocycles. The number of halogens is 1. The van der Waals surface area contributed by atoms with Gasteiger partial charge in [0.15, 0.2) is 5.82 Å². The van der Waals surface area contributed by atoms with Crippen LogP contribution in [0.25, 0.3) is 0 Å². The highest BCUT2D eigenvalue weighted by Crippen LogP contribution is 2.36. The molecule has 0 unspecified atom stereocenters. The second-order valence-electron chi connectivity index (χ2n) is 4.25. The lowest BCUT2D eigenvalue weighted by Crippen LogP contribution is -2.02. The monoisotopic (exact) mass is 295 g/mol. The summed E-state index contributed by atoms with van der Waals surface area (Å²) < 4.78 is 0. The molecule has 0 aliphatic heterocycles. The number of hydrogen-bond donors (Lipinski definition) is 2. The summed E-state index contributed by atoms with van der Waals surface area (Å²) in [5.74, 6) is 0.966. The average molecular weight is 296 g/mol. The molecule has 2 rings (SSSR count). The largest absolute Gasteiger partial charge is 0.382 e. The second kappa shape index (κ2) is 5.63. The molecule has 0 fully saturated rings. The predicted molar refractivity (Wildman–Crippen MR) is 78.3 cm³/mol. The van der Waals surface area contributed by atoms with Crippen molar-refractivity contribution in [1.82, 2.24) is 15.0 Å². The SMILES string of the molecule is CC(C)c1cnc(Sc2ccnc(N)c2Cl)c(N)n1. The minimum absolute atomic E-state index is 0.286. The zero-order valence-corrected chi connectivity index (χ0v) is 12.2. The Bertz CT molecular complexity index is 603. The highest BCUT2D eigenvalue weighted by molar-refractivity contribution is 7.99. The summed E-state index contributed by atoms with van der Waals surface area (Å²) in [5.41, 5.74) is 12.4. The first-order valence-corrected chi connectivity index (χ1v) is 6.88. The number of nitrogens with two attached hydrogens (primary N) is 2. The number of nitrogens with zero attached hydrogens (tertiary/aromatic N) is 3. The molecular weight excluding hydrogens is 282 g/mol. The Kier molecular flexibility index (Phi) is 4.11. The normalized spacial score (nSPS) is 10.9. The number of aromatic nitrogens is 3. The van der Waals surface area contributed by atoms with Crippen LogP contribution in [0.4, 0.5) is 11.6 Å². The highest BCUT2D eigenvalue weighted by atomic mass is 35.5. The van der Waals surface area contributed by atoms with E-state index in [0.29, 0.717) is 15.9 Å². The summed E-state index contributed by atoms with van der Waals surface area (Å²) in [5, 5.41) is 1.01. The van der Waals surface area contributed by atoms with Gasteiger partial charge >= 0.3 is 0 Å². The van der Waals surface area contributed by atoms with Gasteiger partial charge in [-0.05, 0) is 12.0 Å². The molecule has 4 N–H and O–H groups in total. The van der Waals surface area contributed by atoms with Crippen LogP contribution in [0.15, 0.2) is 28.4 Å². The van der Waals surface area contributed by atoms with Crippen LogP contribution in [-0.2, 0) is 0 Å². The second-order valence-corrected chi connectivity index (χ2v) is 5.66. The minimum atomic E-state index is 0.286. The maximum atomic E-state index is 6.08. The molecule has 2 heterocycles. The first kappa shape index (κ1) is 13.9. The minimum Gasteiger partial charge on any atom is -0.382 e. The van der Waals surface area contributed by atoms with E-state index < -0.39 is 0 Å². The van der Waals surface area contributed by atoms with Crippen LogP contribution in [0.5, 0.6) is 0 Å². The molecule has 19 heavy (non-hydrogen) atoms. The summed E-state index contributed by atoms with van der Waals surface area (Å²) in [7, 11) is 0. The Balaban J connectivity index is 2.31. The van der Waals surface area contributed by atoms with Crippen LogP contribution in [0.3, 0.4) is 0 Å². The molecule has 0 saturated carbocycles. The molecule has 5 nitrogen and oxygen atoms in total. The van der Waals surface area contributed by atoms with Crippen molar-refractivity contribution < 1.29 is 0 Å². The molecule has 0 radical (unpaired) electrons. The average Bonchev–Trinajstić information content (AvgIpc) is 2.37. The summed E-state index contributed by atoms with van der Waals surface area (Å²) in [6.07, 6.45) is 3.32. The van der Waals surface area contributed by atoms with Gasteiger partial charge in [0.1, 0.15) is 10.8 Å². The van der Waals surface area contributed by atoms with Crippen LogP contribution in [0.2, 0.25) is 5.02 Å². The van der Waals surface area contributed by atoms with Crippen LogP contribution >= 0.6 is 23.4 Å². The van der Waals surface area contributed by atoms with Crippen LogP contribution < -0.4 is 11.5 Å². The molecule has 0 spiro atoms. The molecule has 2 aromatic heterocycles. The van der Waals surface area contributed by atoms with E-state index in [9.17, 15) is 0 Å². The first-order valence-electron chi connectivity index (χ1n) is 5.69. The van der Waals surface area contributed by atoms with Crippen molar-refractivity contribution in [3.63, 3.8) is 0 Å². The first-order chi connectivity index (χ1) is 8.99. The maximum Gasteiger partial charge on any atom is 0.156 e. The highest BCUT2D eigenvalue weighted by Gasteiger charge is 2.12. The van der Waals surface area contributed by atoms with Gasteiger partial charge in [-0.2, -0.15) is 0 Å². The van der Waals surface area contributed by atoms with Gasteiger partial charge in [0, 0.05) is 11.1 Å². The van der Waals surface area contributed by atoms with Crippen molar-refractivity contribution in [3.8, 4) is 0 Å². The zero-order chi connectivity index (χ0) is 14.0. The Hall–Kier alpha value is -1.53. The van der Waals surface area contributed by atoms with Gasteiger partial charge in [0.05, 0.1) is 16.9 Å². The third kappa shape index (κ3) is 3.08. The summed E-state index contributed by atoms with van der Waals surface area (Å²) >= 11 is 7.40. The van der Waals surface area contributed by atoms with Crippen LogP contribution in [0, 0.1) is 0 Å². The maximum absolute atomic E-state index is 6.08. The van der Waals surface area contributed by atoms with E-state index >= 15 is 0 Å². The van der Waals surface area contributed by atoms with Gasteiger partial charge in [-0.15, -0.1) is 0 Å². The fourth-order valence-corrected chi connectivity index (χ4v) is 2.40. The van der Waals surface area contributed by atoms with E-state index in [2.05, 4.69) is 15.0 Å². The number of rotatable bonds is 3. The van der Waals surface area contributed by atoms with Gasteiger partial charge in [-0.25, -0.2) is 15.0 Å². The van der Waals surface area contributed by atoms with Gasteiger partial charge in [0.25, 0.3) is 0 Å². The number of anilines is 2. The van der Waals surface area contributed by atoms with E-state index in [-0.39, 0.29) is 11.7 Å². The van der Waals surface area contributed by atoms with Crippen molar-refractivity contribution in [2.75, 3.05) is 11.5 Å². The molecule has 100 valence electrons. The Labute approximate surface area is 120 Å². The predicted octanol–water partition coefficient (Wildman–Crippen LogP) is 2.96. The van der Waals surface area contributed by atoms with Gasteiger partial charge < -0.3 is 11.5 Å². The molecular formula is C12H14ClN5S. The van der Waals surface area contributed by atoms with E-state index in [0.717, 1.165) is 10.6 Å². The summed E-state index contributed by atoms with van der Waals surface area (Å²) in [6.45, 7) is 4.08. The fraction of sp³-hybridized carbons (Fsp3) is 0.250. The molecule has 0 atom stereocenters.